The average Bonchev–Trinajstić information content (AvgIpc) is 2.89. The fourth-order valence-electron chi connectivity index (χ4n) is 2.21. The summed E-state index contributed by atoms with van der Waals surface area (Å²) >= 11 is 3.00. The zero-order chi connectivity index (χ0) is 16.3. The summed E-state index contributed by atoms with van der Waals surface area (Å²) < 4.78 is 0.857. The Bertz CT molecular complexity index is 662. The minimum atomic E-state index is 0.164. The first-order valence-electron chi connectivity index (χ1n) is 7.48. The fraction of sp³-hybridized carbons (Fsp3) is 0.471. The normalized spacial score (nSPS) is 11.4. The van der Waals surface area contributed by atoms with Gasteiger partial charge in [-0.2, -0.15) is 0 Å². The van der Waals surface area contributed by atoms with E-state index in [0.717, 1.165) is 20.5 Å². The SMILES string of the molecule is Cc1nnc(SCC(=O)c2ccc(C(C)C)cc2C(C)C)s1. The molecule has 0 aliphatic heterocycles. The Morgan fingerprint density at radius 3 is 2.45 bits per heavy atom. The third-order valence-electron chi connectivity index (χ3n) is 3.50. The molecule has 5 heteroatoms. The number of rotatable bonds is 6. The number of carbonyl (C=O) groups is 1. The number of carbonyl (C=O) groups excluding carboxylic acids is 1. The van der Waals surface area contributed by atoms with Gasteiger partial charge in [0, 0.05) is 5.56 Å². The van der Waals surface area contributed by atoms with Crippen molar-refractivity contribution < 1.29 is 4.79 Å². The van der Waals surface area contributed by atoms with Crippen LogP contribution in [0.2, 0.25) is 0 Å². The van der Waals surface area contributed by atoms with Gasteiger partial charge in [-0.15, -0.1) is 10.2 Å². The van der Waals surface area contributed by atoms with Crippen LogP contribution in [0.3, 0.4) is 0 Å². The van der Waals surface area contributed by atoms with Crippen LogP contribution < -0.4 is 0 Å². The lowest BCUT2D eigenvalue weighted by molar-refractivity contribution is 0.102. The maximum atomic E-state index is 12.6. The first-order chi connectivity index (χ1) is 10.4. The van der Waals surface area contributed by atoms with Crippen molar-refractivity contribution in [2.75, 3.05) is 5.75 Å². The van der Waals surface area contributed by atoms with E-state index in [-0.39, 0.29) is 5.78 Å². The molecule has 1 aromatic heterocycles. The quantitative estimate of drug-likeness (QED) is 0.546. The Hall–Kier alpha value is -1.20. The van der Waals surface area contributed by atoms with Gasteiger partial charge in [-0.3, -0.25) is 4.79 Å². The molecular weight excluding hydrogens is 312 g/mol. The Morgan fingerprint density at radius 1 is 1.18 bits per heavy atom. The molecule has 2 aromatic rings. The highest BCUT2D eigenvalue weighted by atomic mass is 32.2. The zero-order valence-corrected chi connectivity index (χ0v) is 15.3. The summed E-state index contributed by atoms with van der Waals surface area (Å²) in [7, 11) is 0. The molecule has 0 N–H and O–H groups in total. The monoisotopic (exact) mass is 334 g/mol. The molecule has 3 nitrogen and oxygen atoms in total. The van der Waals surface area contributed by atoms with Gasteiger partial charge < -0.3 is 0 Å². The number of thioether (sulfide) groups is 1. The molecule has 118 valence electrons. The summed E-state index contributed by atoms with van der Waals surface area (Å²) in [6.45, 7) is 10.5. The smallest absolute Gasteiger partial charge is 0.174 e. The lowest BCUT2D eigenvalue weighted by atomic mass is 9.90. The highest BCUT2D eigenvalue weighted by Crippen LogP contribution is 2.28. The van der Waals surface area contributed by atoms with Gasteiger partial charge in [0.05, 0.1) is 5.75 Å². The van der Waals surface area contributed by atoms with Crippen molar-refractivity contribution in [3.63, 3.8) is 0 Å². The van der Waals surface area contributed by atoms with E-state index in [2.05, 4.69) is 50.0 Å². The third kappa shape index (κ3) is 4.17. The van der Waals surface area contributed by atoms with Crippen LogP contribution >= 0.6 is 23.1 Å². The molecule has 1 heterocycles. The van der Waals surface area contributed by atoms with Gasteiger partial charge in [-0.05, 0) is 29.9 Å². The van der Waals surface area contributed by atoms with Gasteiger partial charge in [-0.25, -0.2) is 0 Å². The van der Waals surface area contributed by atoms with Gasteiger partial charge in [0.2, 0.25) is 0 Å². The average molecular weight is 335 g/mol. The summed E-state index contributed by atoms with van der Waals surface area (Å²) in [6.07, 6.45) is 0. The minimum Gasteiger partial charge on any atom is -0.293 e. The maximum absolute atomic E-state index is 12.6. The van der Waals surface area contributed by atoms with Gasteiger partial charge in [0.25, 0.3) is 0 Å². The first kappa shape index (κ1) is 17.2. The van der Waals surface area contributed by atoms with Crippen molar-refractivity contribution in [1.82, 2.24) is 10.2 Å². The van der Waals surface area contributed by atoms with Gasteiger partial charge in [0.15, 0.2) is 10.1 Å². The number of benzene rings is 1. The molecule has 0 spiro atoms. The van der Waals surface area contributed by atoms with Crippen molar-refractivity contribution in [2.45, 2.75) is 50.8 Å². The van der Waals surface area contributed by atoms with Crippen LogP contribution in [0.25, 0.3) is 0 Å². The number of aromatic nitrogens is 2. The Morgan fingerprint density at radius 2 is 1.91 bits per heavy atom. The number of hydrogen-bond acceptors (Lipinski definition) is 5. The molecule has 0 unspecified atom stereocenters. The number of Topliss-reactive ketones (excluding diaryl/α,β-unsaturated/α-hetero) is 1. The van der Waals surface area contributed by atoms with E-state index in [4.69, 9.17) is 0 Å². The summed E-state index contributed by atoms with van der Waals surface area (Å²) in [5.41, 5.74) is 3.27. The second-order valence-corrected chi connectivity index (χ2v) is 8.36. The summed E-state index contributed by atoms with van der Waals surface area (Å²) in [5.74, 6) is 1.39. The molecule has 0 atom stereocenters. The maximum Gasteiger partial charge on any atom is 0.174 e. The van der Waals surface area contributed by atoms with Crippen molar-refractivity contribution in [2.24, 2.45) is 0 Å². The van der Waals surface area contributed by atoms with Crippen LogP contribution in [0.4, 0.5) is 0 Å². The first-order valence-corrected chi connectivity index (χ1v) is 9.28. The van der Waals surface area contributed by atoms with Crippen molar-refractivity contribution in [3.8, 4) is 0 Å². The molecule has 0 fully saturated rings. The van der Waals surface area contributed by atoms with Crippen molar-refractivity contribution in [1.29, 1.82) is 0 Å². The summed E-state index contributed by atoms with van der Waals surface area (Å²) in [6, 6.07) is 6.24. The van der Waals surface area contributed by atoms with Crippen molar-refractivity contribution >= 4 is 28.9 Å². The summed E-state index contributed by atoms with van der Waals surface area (Å²) in [4.78, 5) is 12.6. The lowest BCUT2D eigenvalue weighted by Crippen LogP contribution is -2.08. The molecule has 0 saturated carbocycles. The van der Waals surface area contributed by atoms with Gasteiger partial charge in [0.1, 0.15) is 5.01 Å². The molecule has 0 radical (unpaired) electrons. The van der Waals surface area contributed by atoms with Crippen LogP contribution in [0.15, 0.2) is 22.5 Å². The van der Waals surface area contributed by atoms with Crippen molar-refractivity contribution in [3.05, 3.63) is 39.9 Å². The second-order valence-electron chi connectivity index (χ2n) is 5.95. The minimum absolute atomic E-state index is 0.164. The largest absolute Gasteiger partial charge is 0.293 e. The molecule has 22 heavy (non-hydrogen) atoms. The fourth-order valence-corrected chi connectivity index (χ4v) is 3.91. The van der Waals surface area contributed by atoms with E-state index in [9.17, 15) is 4.79 Å². The van der Waals surface area contributed by atoms with Gasteiger partial charge in [-0.1, -0.05) is 69.0 Å². The van der Waals surface area contributed by atoms with Crippen LogP contribution in [0, 0.1) is 6.92 Å². The Balaban J connectivity index is 2.17. The molecular formula is C17H22N2OS2. The third-order valence-corrected chi connectivity index (χ3v) is 5.47. The predicted octanol–water partition coefficient (Wildman–Crippen LogP) is 5.07. The molecule has 0 saturated heterocycles. The highest BCUT2D eigenvalue weighted by molar-refractivity contribution is 8.01. The molecule has 0 bridgehead atoms. The standard InChI is InChI=1S/C17H22N2OS2/c1-10(2)13-6-7-14(15(8-13)11(3)4)16(20)9-21-17-19-18-12(5)22-17/h6-8,10-11H,9H2,1-5H3. The predicted molar refractivity (Wildman–Crippen MR) is 94.3 cm³/mol. The number of ketones is 1. The van der Waals surface area contributed by atoms with Gasteiger partial charge >= 0.3 is 0 Å². The molecule has 0 aliphatic rings. The molecule has 1 aromatic carbocycles. The van der Waals surface area contributed by atoms with E-state index in [1.807, 2.05) is 13.0 Å². The highest BCUT2D eigenvalue weighted by Gasteiger charge is 2.16. The van der Waals surface area contributed by atoms with E-state index >= 15 is 0 Å². The van der Waals surface area contributed by atoms with E-state index in [1.165, 1.54) is 28.7 Å². The number of nitrogens with zero attached hydrogens (tertiary/aromatic N) is 2. The van der Waals surface area contributed by atoms with E-state index in [1.54, 1.807) is 0 Å². The topological polar surface area (TPSA) is 42.9 Å². The summed E-state index contributed by atoms with van der Waals surface area (Å²) in [5, 5.41) is 8.97. The van der Waals surface area contributed by atoms with E-state index < -0.39 is 0 Å². The van der Waals surface area contributed by atoms with Crippen LogP contribution in [-0.2, 0) is 0 Å². The number of hydrogen-bond donors (Lipinski definition) is 0. The lowest BCUT2D eigenvalue weighted by Gasteiger charge is -2.15. The Kier molecular flexibility index (Phi) is 5.75. The van der Waals surface area contributed by atoms with E-state index in [0.29, 0.717) is 17.6 Å². The molecule has 2 rings (SSSR count). The second kappa shape index (κ2) is 7.38. The number of aryl methyl sites for hydroxylation is 1. The molecule has 0 amide bonds. The van der Waals surface area contributed by atoms with Crippen LogP contribution in [-0.4, -0.2) is 21.7 Å². The van der Waals surface area contributed by atoms with Crippen LogP contribution in [0.5, 0.6) is 0 Å². The molecule has 0 aliphatic carbocycles. The van der Waals surface area contributed by atoms with Crippen LogP contribution in [0.1, 0.15) is 66.0 Å². The zero-order valence-electron chi connectivity index (χ0n) is 13.7. The Labute approximate surface area is 140 Å².